The number of nitrogens with zero attached hydrogens (tertiary/aromatic N) is 1. The van der Waals surface area contributed by atoms with Gasteiger partial charge in [0.05, 0.1) is 6.54 Å². The van der Waals surface area contributed by atoms with E-state index in [-0.39, 0.29) is 24.8 Å². The summed E-state index contributed by atoms with van der Waals surface area (Å²) in [4.78, 5) is 35.8. The van der Waals surface area contributed by atoms with E-state index in [1.54, 1.807) is 18.2 Å². The second kappa shape index (κ2) is 5.08. The number of aliphatic carboxylic acids is 1. The highest BCUT2D eigenvalue weighted by molar-refractivity contribution is 5.98. The minimum absolute atomic E-state index is 0.0604. The van der Waals surface area contributed by atoms with Crippen molar-refractivity contribution < 1.29 is 23.9 Å². The molecule has 0 saturated carbocycles. The van der Waals surface area contributed by atoms with Crippen molar-refractivity contribution in [3.05, 3.63) is 29.3 Å². The Labute approximate surface area is 125 Å². The van der Waals surface area contributed by atoms with Crippen LogP contribution >= 0.6 is 0 Å². The molecule has 0 spiro atoms. The lowest BCUT2D eigenvalue weighted by molar-refractivity contribution is -0.149. The number of nitrogens with one attached hydrogen (secondary N) is 1. The number of benzene rings is 1. The van der Waals surface area contributed by atoms with Gasteiger partial charge in [-0.05, 0) is 30.2 Å². The molecule has 0 bridgehead atoms. The predicted octanol–water partition coefficient (Wildman–Crippen LogP) is 1.21. The molecule has 0 aliphatic carbocycles. The van der Waals surface area contributed by atoms with Gasteiger partial charge in [0.15, 0.2) is 0 Å². The van der Waals surface area contributed by atoms with Gasteiger partial charge in [-0.25, -0.2) is 9.18 Å². The van der Waals surface area contributed by atoms with Crippen LogP contribution in [-0.2, 0) is 16.0 Å². The third-order valence-corrected chi connectivity index (χ3v) is 4.14. The summed E-state index contributed by atoms with van der Waals surface area (Å²) in [6.07, 6.45) is 0.709. The third-order valence-electron chi connectivity index (χ3n) is 4.14. The number of carbonyl (C=O) groups is 3. The smallest absolute Gasteiger partial charge is 0.343 e. The zero-order valence-corrected chi connectivity index (χ0v) is 11.8. The molecule has 22 heavy (non-hydrogen) atoms. The maximum Gasteiger partial charge on any atom is 0.343 e. The lowest BCUT2D eigenvalue weighted by atomic mass is 10.00. The van der Waals surface area contributed by atoms with E-state index < -0.39 is 18.2 Å². The molecular formula is C15H15FN2O4. The first-order valence-electron chi connectivity index (χ1n) is 7.03. The Morgan fingerprint density at radius 1 is 1.32 bits per heavy atom. The monoisotopic (exact) mass is 306 g/mol. The number of carboxylic acids is 1. The summed E-state index contributed by atoms with van der Waals surface area (Å²) >= 11 is 0. The summed E-state index contributed by atoms with van der Waals surface area (Å²) in [5.41, 5.74) is -0.448. The van der Waals surface area contributed by atoms with Crippen molar-refractivity contribution in [2.75, 3.05) is 18.4 Å². The molecule has 116 valence electrons. The first-order valence-corrected chi connectivity index (χ1v) is 7.03. The standard InChI is InChI=1S/C15H15FN2O4/c16-15(14(21)22)5-6-18(8-15)13(20)10-1-3-11-9(7-10)2-4-12(19)17-11/h1,3,7H,2,4-6,8H2,(H,17,19)(H,21,22). The molecule has 1 saturated heterocycles. The Bertz CT molecular complexity index is 676. The highest BCUT2D eigenvalue weighted by atomic mass is 19.1. The summed E-state index contributed by atoms with van der Waals surface area (Å²) in [5.74, 6) is -1.98. The van der Waals surface area contributed by atoms with Gasteiger partial charge in [-0.3, -0.25) is 9.59 Å². The SMILES string of the molecule is O=C1CCc2cc(C(=O)N3CCC(F)(C(=O)O)C3)ccc2N1. The maximum absolute atomic E-state index is 14.0. The number of amides is 2. The van der Waals surface area contributed by atoms with Gasteiger partial charge >= 0.3 is 5.97 Å². The van der Waals surface area contributed by atoms with Gasteiger partial charge in [-0.1, -0.05) is 0 Å². The van der Waals surface area contributed by atoms with E-state index in [2.05, 4.69) is 5.32 Å². The van der Waals surface area contributed by atoms with Gasteiger partial charge in [0.25, 0.3) is 5.91 Å². The highest BCUT2D eigenvalue weighted by Gasteiger charge is 2.47. The van der Waals surface area contributed by atoms with Crippen LogP contribution in [0.3, 0.4) is 0 Å². The number of hydrogen-bond acceptors (Lipinski definition) is 3. The van der Waals surface area contributed by atoms with E-state index in [0.29, 0.717) is 24.1 Å². The van der Waals surface area contributed by atoms with Crippen LogP contribution in [0.25, 0.3) is 0 Å². The number of halogens is 1. The average molecular weight is 306 g/mol. The number of likely N-dealkylation sites (tertiary alicyclic amines) is 1. The quantitative estimate of drug-likeness (QED) is 0.860. The van der Waals surface area contributed by atoms with Crippen molar-refractivity contribution in [3.63, 3.8) is 0 Å². The number of carboxylic acid groups (broad SMARTS) is 1. The van der Waals surface area contributed by atoms with E-state index in [4.69, 9.17) is 5.11 Å². The van der Waals surface area contributed by atoms with Gasteiger partial charge in [0.2, 0.25) is 11.6 Å². The summed E-state index contributed by atoms with van der Waals surface area (Å²) < 4.78 is 14.0. The normalized spacial score (nSPS) is 23.9. The average Bonchev–Trinajstić information content (AvgIpc) is 2.90. The predicted molar refractivity (Wildman–Crippen MR) is 75.4 cm³/mol. The molecule has 7 heteroatoms. The van der Waals surface area contributed by atoms with Gasteiger partial charge in [-0.15, -0.1) is 0 Å². The van der Waals surface area contributed by atoms with E-state index in [0.717, 1.165) is 5.56 Å². The molecule has 1 atom stereocenters. The molecule has 6 nitrogen and oxygen atoms in total. The van der Waals surface area contributed by atoms with Gasteiger partial charge in [-0.2, -0.15) is 0 Å². The van der Waals surface area contributed by atoms with Crippen LogP contribution in [0.2, 0.25) is 0 Å². The number of rotatable bonds is 2. The maximum atomic E-state index is 14.0. The summed E-state index contributed by atoms with van der Waals surface area (Å²) in [5, 5.41) is 11.6. The van der Waals surface area contributed by atoms with E-state index >= 15 is 0 Å². The van der Waals surface area contributed by atoms with Crippen LogP contribution in [0, 0.1) is 0 Å². The van der Waals surface area contributed by atoms with Crippen LogP contribution < -0.4 is 5.32 Å². The fourth-order valence-electron chi connectivity index (χ4n) is 2.82. The minimum Gasteiger partial charge on any atom is -0.479 e. The number of aryl methyl sites for hydroxylation is 1. The van der Waals surface area contributed by atoms with Crippen molar-refractivity contribution in [1.82, 2.24) is 4.90 Å². The number of anilines is 1. The highest BCUT2D eigenvalue weighted by Crippen LogP contribution is 2.29. The fourth-order valence-corrected chi connectivity index (χ4v) is 2.82. The Kier molecular flexibility index (Phi) is 3.35. The van der Waals surface area contributed by atoms with Gasteiger partial charge in [0, 0.05) is 30.6 Å². The van der Waals surface area contributed by atoms with Gasteiger partial charge in [0.1, 0.15) is 0 Å². The van der Waals surface area contributed by atoms with Crippen LogP contribution in [0.15, 0.2) is 18.2 Å². The molecule has 1 fully saturated rings. The molecule has 2 aliphatic heterocycles. The summed E-state index contributed by atoms with van der Waals surface area (Å²) in [6.45, 7) is -0.357. The molecule has 1 unspecified atom stereocenters. The van der Waals surface area contributed by atoms with Crippen LogP contribution in [0.4, 0.5) is 10.1 Å². The molecular weight excluding hydrogens is 291 g/mol. The Morgan fingerprint density at radius 2 is 2.09 bits per heavy atom. The Morgan fingerprint density at radius 3 is 2.77 bits per heavy atom. The molecule has 2 amide bonds. The Balaban J connectivity index is 1.79. The number of carbonyl (C=O) groups excluding carboxylic acids is 2. The van der Waals surface area contributed by atoms with Crippen molar-refractivity contribution >= 4 is 23.5 Å². The second-order valence-electron chi connectivity index (χ2n) is 5.67. The molecule has 2 N–H and O–H groups in total. The van der Waals surface area contributed by atoms with Crippen molar-refractivity contribution in [2.45, 2.75) is 24.9 Å². The summed E-state index contributed by atoms with van der Waals surface area (Å²) in [7, 11) is 0. The first-order chi connectivity index (χ1) is 10.4. The number of fused-ring (bicyclic) bond motifs is 1. The topological polar surface area (TPSA) is 86.7 Å². The second-order valence-corrected chi connectivity index (χ2v) is 5.67. The van der Waals surface area contributed by atoms with Crippen LogP contribution in [0.1, 0.15) is 28.8 Å². The largest absolute Gasteiger partial charge is 0.479 e. The molecule has 3 rings (SSSR count). The lowest BCUT2D eigenvalue weighted by Gasteiger charge is -2.20. The van der Waals surface area contributed by atoms with Crippen molar-refractivity contribution in [3.8, 4) is 0 Å². The molecule has 1 aromatic rings. The fraction of sp³-hybridized carbons (Fsp3) is 0.400. The van der Waals surface area contributed by atoms with Crippen molar-refractivity contribution in [2.24, 2.45) is 0 Å². The lowest BCUT2D eigenvalue weighted by Crippen LogP contribution is -2.39. The van der Waals surface area contributed by atoms with Crippen molar-refractivity contribution in [1.29, 1.82) is 0 Å². The molecule has 2 aliphatic rings. The first kappa shape index (κ1) is 14.5. The third kappa shape index (κ3) is 2.43. The van der Waals surface area contributed by atoms with E-state index in [9.17, 15) is 18.8 Å². The number of alkyl halides is 1. The van der Waals surface area contributed by atoms with Gasteiger partial charge < -0.3 is 15.3 Å². The Hall–Kier alpha value is -2.44. The van der Waals surface area contributed by atoms with Crippen LogP contribution in [-0.4, -0.2) is 46.5 Å². The molecule has 1 aromatic carbocycles. The number of hydrogen-bond donors (Lipinski definition) is 2. The molecule has 0 radical (unpaired) electrons. The molecule has 2 heterocycles. The zero-order chi connectivity index (χ0) is 15.9. The van der Waals surface area contributed by atoms with E-state index in [1.807, 2.05) is 0 Å². The summed E-state index contributed by atoms with van der Waals surface area (Å²) in [6, 6.07) is 4.89. The van der Waals surface area contributed by atoms with E-state index in [1.165, 1.54) is 4.90 Å². The zero-order valence-electron chi connectivity index (χ0n) is 11.8. The minimum atomic E-state index is -2.36. The molecule has 0 aromatic heterocycles. The van der Waals surface area contributed by atoms with Crippen LogP contribution in [0.5, 0.6) is 0 Å².